The highest BCUT2D eigenvalue weighted by Gasteiger charge is 2.14. The molecular formula is C32H29N3O4. The molecule has 0 unspecified atom stereocenters. The van der Waals surface area contributed by atoms with Gasteiger partial charge in [0.15, 0.2) is 0 Å². The van der Waals surface area contributed by atoms with Crippen molar-refractivity contribution in [2.75, 3.05) is 4.90 Å². The fourth-order valence-electron chi connectivity index (χ4n) is 4.05. The van der Waals surface area contributed by atoms with E-state index in [1.54, 1.807) is 24.3 Å². The van der Waals surface area contributed by atoms with Crippen molar-refractivity contribution in [1.29, 1.82) is 0 Å². The lowest BCUT2D eigenvalue weighted by Gasteiger charge is -2.26. The Hall–Kier alpha value is -5.14. The second-order valence-electron chi connectivity index (χ2n) is 8.89. The fourth-order valence-corrected chi connectivity index (χ4v) is 4.05. The number of hydrogen-bond donors (Lipinski definition) is 2. The number of unbranched alkanes of at least 4 members (excludes halogenated alkanes) is 3. The zero-order valence-electron chi connectivity index (χ0n) is 21.7. The van der Waals surface area contributed by atoms with Crippen LogP contribution in [-0.2, 0) is 16.0 Å². The van der Waals surface area contributed by atoms with Gasteiger partial charge in [-0.2, -0.15) is 0 Å². The predicted molar refractivity (Wildman–Crippen MR) is 153 cm³/mol. The summed E-state index contributed by atoms with van der Waals surface area (Å²) in [6.45, 7) is 16.3. The van der Waals surface area contributed by atoms with Gasteiger partial charge in [0.25, 0.3) is 11.4 Å². The average Bonchev–Trinajstić information content (AvgIpc) is 2.95. The molecule has 2 N–H and O–H groups in total. The van der Waals surface area contributed by atoms with E-state index in [1.165, 1.54) is 37.0 Å². The van der Waals surface area contributed by atoms with Crippen LogP contribution in [0.25, 0.3) is 21.8 Å². The zero-order chi connectivity index (χ0) is 28.2. The molecule has 0 aromatic heterocycles. The van der Waals surface area contributed by atoms with Gasteiger partial charge in [-0.05, 0) is 78.1 Å². The quantitative estimate of drug-likeness (QED) is 0.144. The first-order valence-corrected chi connectivity index (χ1v) is 12.6. The number of carboxylic acid groups (broad SMARTS) is 2. The Morgan fingerprint density at radius 2 is 1.10 bits per heavy atom. The van der Waals surface area contributed by atoms with E-state index in [9.17, 15) is 9.59 Å². The second kappa shape index (κ2) is 14.0. The Morgan fingerprint density at radius 1 is 0.692 bits per heavy atom. The first kappa shape index (κ1) is 28.4. The van der Waals surface area contributed by atoms with Crippen LogP contribution in [0.5, 0.6) is 0 Å². The predicted octanol–water partition coefficient (Wildman–Crippen LogP) is 7.97. The summed E-state index contributed by atoms with van der Waals surface area (Å²) in [5.74, 6) is -2.55. The van der Waals surface area contributed by atoms with E-state index in [1.807, 2.05) is 29.2 Å². The maximum Gasteiger partial charge on any atom is 0.333 e. The van der Waals surface area contributed by atoms with E-state index >= 15 is 0 Å². The number of benzene rings is 3. The molecule has 3 aromatic carbocycles. The van der Waals surface area contributed by atoms with Crippen LogP contribution >= 0.6 is 0 Å². The lowest BCUT2D eigenvalue weighted by atomic mass is 10.0. The third kappa shape index (κ3) is 7.92. The SMILES string of the molecule is [C-]#[N+]C(=Cc1ccc(N(c2ccc(C=C([N+]#[C-])C(=O)O)cc2)c2ccc(CCCCCC)cc2)cc1)C(=O)O. The van der Waals surface area contributed by atoms with Crippen molar-refractivity contribution >= 4 is 41.2 Å². The number of nitrogens with zero attached hydrogens (tertiary/aromatic N) is 3. The number of carbonyl (C=O) groups is 2. The Bertz CT molecular complexity index is 1350. The smallest absolute Gasteiger partial charge is 0.333 e. The largest absolute Gasteiger partial charge is 0.486 e. The summed E-state index contributed by atoms with van der Waals surface area (Å²) >= 11 is 0. The Morgan fingerprint density at radius 3 is 1.46 bits per heavy atom. The number of hydrogen-bond acceptors (Lipinski definition) is 3. The minimum absolute atomic E-state index is 0.363. The van der Waals surface area contributed by atoms with E-state index in [2.05, 4.69) is 40.9 Å². The van der Waals surface area contributed by atoms with E-state index in [0.29, 0.717) is 11.1 Å². The molecular weight excluding hydrogens is 490 g/mol. The number of aryl methyl sites for hydroxylation is 1. The lowest BCUT2D eigenvalue weighted by molar-refractivity contribution is -0.133. The molecule has 0 atom stereocenters. The number of rotatable bonds is 12. The number of anilines is 3. The second-order valence-corrected chi connectivity index (χ2v) is 8.89. The number of aliphatic carboxylic acids is 2. The summed E-state index contributed by atoms with van der Waals surface area (Å²) in [5.41, 5.74) is 4.27. The highest BCUT2D eigenvalue weighted by molar-refractivity contribution is 5.95. The van der Waals surface area contributed by atoms with Crippen LogP contribution in [0.3, 0.4) is 0 Å². The third-order valence-corrected chi connectivity index (χ3v) is 6.10. The van der Waals surface area contributed by atoms with Crippen LogP contribution in [0.4, 0.5) is 17.1 Å². The Kier molecular flexibility index (Phi) is 10.2. The monoisotopic (exact) mass is 519 g/mol. The molecule has 7 heteroatoms. The van der Waals surface area contributed by atoms with Crippen molar-refractivity contribution in [2.24, 2.45) is 0 Å². The molecule has 0 aliphatic rings. The number of carboxylic acids is 2. The highest BCUT2D eigenvalue weighted by Crippen LogP contribution is 2.35. The summed E-state index contributed by atoms with van der Waals surface area (Å²) < 4.78 is 0. The minimum Gasteiger partial charge on any atom is -0.486 e. The first-order chi connectivity index (χ1) is 18.9. The van der Waals surface area contributed by atoms with E-state index in [-0.39, 0.29) is 11.4 Å². The molecule has 7 nitrogen and oxygen atoms in total. The van der Waals surface area contributed by atoms with Gasteiger partial charge in [0.05, 0.1) is 13.1 Å². The minimum atomic E-state index is -1.27. The van der Waals surface area contributed by atoms with Crippen molar-refractivity contribution in [1.82, 2.24) is 0 Å². The van der Waals surface area contributed by atoms with Crippen molar-refractivity contribution < 1.29 is 19.8 Å². The molecule has 0 saturated heterocycles. The molecule has 0 aliphatic carbocycles. The van der Waals surface area contributed by atoms with Crippen LogP contribution in [0, 0.1) is 13.1 Å². The Labute approximate surface area is 228 Å². The summed E-state index contributed by atoms with van der Waals surface area (Å²) in [5, 5.41) is 18.3. The molecule has 0 heterocycles. The third-order valence-electron chi connectivity index (χ3n) is 6.10. The van der Waals surface area contributed by atoms with Crippen molar-refractivity contribution in [3.63, 3.8) is 0 Å². The van der Waals surface area contributed by atoms with Crippen molar-refractivity contribution in [2.45, 2.75) is 39.0 Å². The van der Waals surface area contributed by atoms with Gasteiger partial charge in [-0.15, -0.1) is 0 Å². The molecule has 196 valence electrons. The van der Waals surface area contributed by atoms with Crippen molar-refractivity contribution in [3.05, 3.63) is 124 Å². The van der Waals surface area contributed by atoms with Gasteiger partial charge in [0.2, 0.25) is 0 Å². The van der Waals surface area contributed by atoms with Crippen LogP contribution in [0.2, 0.25) is 0 Å². The molecule has 3 aromatic rings. The van der Waals surface area contributed by atoms with Crippen molar-refractivity contribution in [3.8, 4) is 0 Å². The molecule has 0 fully saturated rings. The van der Waals surface area contributed by atoms with Gasteiger partial charge in [0, 0.05) is 17.1 Å². The molecule has 0 amide bonds. The maximum atomic E-state index is 11.2. The van der Waals surface area contributed by atoms with Crippen LogP contribution in [-0.4, -0.2) is 22.2 Å². The molecule has 0 saturated carbocycles. The topological polar surface area (TPSA) is 86.6 Å². The molecule has 0 aliphatic heterocycles. The summed E-state index contributed by atoms with van der Waals surface area (Å²) in [6, 6.07) is 22.8. The fraction of sp³-hybridized carbons (Fsp3) is 0.188. The van der Waals surface area contributed by atoms with Gasteiger partial charge < -0.3 is 15.1 Å². The normalized spacial score (nSPS) is 11.4. The first-order valence-electron chi connectivity index (χ1n) is 12.6. The summed E-state index contributed by atoms with van der Waals surface area (Å²) in [4.78, 5) is 30.6. The maximum absolute atomic E-state index is 11.2. The van der Waals surface area contributed by atoms with Gasteiger partial charge in [0.1, 0.15) is 0 Å². The summed E-state index contributed by atoms with van der Waals surface area (Å²) in [7, 11) is 0. The molecule has 3 rings (SSSR count). The van der Waals surface area contributed by atoms with Crippen LogP contribution < -0.4 is 4.90 Å². The van der Waals surface area contributed by atoms with E-state index in [4.69, 9.17) is 23.4 Å². The van der Waals surface area contributed by atoms with Gasteiger partial charge in [-0.25, -0.2) is 9.69 Å². The zero-order valence-corrected chi connectivity index (χ0v) is 21.7. The lowest BCUT2D eigenvalue weighted by Crippen LogP contribution is -2.10. The molecule has 0 bridgehead atoms. The van der Waals surface area contributed by atoms with Crippen LogP contribution in [0.1, 0.15) is 49.3 Å². The molecule has 0 spiro atoms. The van der Waals surface area contributed by atoms with Crippen LogP contribution in [0.15, 0.2) is 84.2 Å². The van der Waals surface area contributed by atoms with Gasteiger partial charge in [-0.1, -0.05) is 62.6 Å². The standard InChI is InChI=1S/C32H29N3O4/c1-4-5-6-7-8-23-9-15-26(16-10-23)35(27-17-11-24(12-18-27)21-29(33-2)31(36)37)28-19-13-25(14-20-28)22-30(34-3)32(38)39/h9-22H,4-8H2,1H3,(H,36,37)(H,38,39). The molecule has 39 heavy (non-hydrogen) atoms. The van der Waals surface area contributed by atoms with E-state index < -0.39 is 11.9 Å². The van der Waals surface area contributed by atoms with E-state index in [0.717, 1.165) is 29.9 Å². The van der Waals surface area contributed by atoms with Gasteiger partial charge >= 0.3 is 11.9 Å². The average molecular weight is 520 g/mol. The highest BCUT2D eigenvalue weighted by atomic mass is 16.4. The Balaban J connectivity index is 1.98. The molecule has 0 radical (unpaired) electrons. The summed E-state index contributed by atoms with van der Waals surface area (Å²) in [6.07, 6.45) is 8.46. The van der Waals surface area contributed by atoms with Gasteiger partial charge in [-0.3, -0.25) is 9.59 Å².